The third-order valence-electron chi connectivity index (χ3n) is 5.28. The number of carboxylic acids is 1. The molecule has 0 aliphatic rings. The van der Waals surface area contributed by atoms with Crippen LogP contribution in [-0.2, 0) is 20.6 Å². The van der Waals surface area contributed by atoms with Crippen LogP contribution in [-0.4, -0.2) is 32.8 Å². The van der Waals surface area contributed by atoms with Gasteiger partial charge in [-0.05, 0) is 56.2 Å². The maximum absolute atomic E-state index is 12.2. The summed E-state index contributed by atoms with van der Waals surface area (Å²) in [4.78, 5) is 41.4. The highest BCUT2D eigenvalue weighted by atomic mass is 31.2. The standard InChI is InChI=1S/C27H40NO7P/c1-2-3-4-5-6-7-8-9-10-11-12-13-14-15-16-17-26(29)28-25(27(30)31)22-23-18-20-24(21-19-23)35-36(32,33)34/h3-4,6-7,9-10,18-21,25H,2,5,8,11-17,22H2,1H3,(H,28,29)(H,30,31)(H2,32,33,34)/t25-/m0/s1. The zero-order valence-corrected chi connectivity index (χ0v) is 21.9. The lowest BCUT2D eigenvalue weighted by Crippen LogP contribution is -2.42. The molecule has 0 radical (unpaired) electrons. The fourth-order valence-corrected chi connectivity index (χ4v) is 3.83. The first-order valence-electron chi connectivity index (χ1n) is 12.5. The molecule has 200 valence electrons. The first kappa shape index (κ1) is 31.4. The average Bonchev–Trinajstić information content (AvgIpc) is 2.81. The molecule has 0 saturated carbocycles. The summed E-state index contributed by atoms with van der Waals surface area (Å²) in [6, 6.07) is 4.61. The van der Waals surface area contributed by atoms with Crippen molar-refractivity contribution in [2.45, 2.75) is 83.6 Å². The number of carbonyl (C=O) groups is 2. The number of amides is 1. The van der Waals surface area contributed by atoms with Crippen molar-refractivity contribution in [2.24, 2.45) is 0 Å². The number of nitrogens with one attached hydrogen (secondary N) is 1. The number of phosphoric ester groups is 1. The van der Waals surface area contributed by atoms with Gasteiger partial charge in [0, 0.05) is 12.8 Å². The van der Waals surface area contributed by atoms with Gasteiger partial charge < -0.3 is 14.9 Å². The molecular weight excluding hydrogens is 481 g/mol. The number of allylic oxidation sites excluding steroid dienone is 6. The van der Waals surface area contributed by atoms with Crippen LogP contribution < -0.4 is 9.84 Å². The highest BCUT2D eigenvalue weighted by Gasteiger charge is 2.21. The maximum atomic E-state index is 12.2. The van der Waals surface area contributed by atoms with E-state index in [1.807, 2.05) is 0 Å². The molecule has 0 heterocycles. The van der Waals surface area contributed by atoms with Crippen LogP contribution in [0.5, 0.6) is 5.75 Å². The van der Waals surface area contributed by atoms with Crippen LogP contribution in [0.3, 0.4) is 0 Å². The summed E-state index contributed by atoms with van der Waals surface area (Å²) in [6.07, 6.45) is 22.4. The van der Waals surface area contributed by atoms with Gasteiger partial charge in [-0.3, -0.25) is 14.6 Å². The van der Waals surface area contributed by atoms with Gasteiger partial charge in [-0.25, -0.2) is 9.36 Å². The Morgan fingerprint density at radius 2 is 1.50 bits per heavy atom. The lowest BCUT2D eigenvalue weighted by molar-refractivity contribution is -0.141. The monoisotopic (exact) mass is 521 g/mol. The molecule has 0 fully saturated rings. The Balaban J connectivity index is 2.19. The maximum Gasteiger partial charge on any atom is 0.524 e. The van der Waals surface area contributed by atoms with Crippen molar-refractivity contribution < 1.29 is 33.6 Å². The van der Waals surface area contributed by atoms with Crippen molar-refractivity contribution in [3.8, 4) is 5.75 Å². The molecular formula is C27H40NO7P. The van der Waals surface area contributed by atoms with E-state index in [1.54, 1.807) is 0 Å². The Bertz CT molecular complexity index is 903. The van der Waals surface area contributed by atoms with Crippen molar-refractivity contribution in [1.29, 1.82) is 0 Å². The molecule has 0 aromatic heterocycles. The van der Waals surface area contributed by atoms with E-state index in [2.05, 4.69) is 53.2 Å². The SMILES string of the molecule is CCC=CCC=CCC=CCCCCCCCC(=O)N[C@@H](Cc1ccc(OP(=O)(O)O)cc1)C(=O)O. The first-order valence-corrected chi connectivity index (χ1v) is 14.1. The number of carbonyl (C=O) groups excluding carboxylic acids is 1. The number of aliphatic carboxylic acids is 1. The molecule has 1 rings (SSSR count). The number of unbranched alkanes of at least 4 members (excludes halogenated alkanes) is 5. The van der Waals surface area contributed by atoms with Crippen LogP contribution in [0.2, 0.25) is 0 Å². The van der Waals surface area contributed by atoms with E-state index >= 15 is 0 Å². The summed E-state index contributed by atoms with van der Waals surface area (Å²) in [5.41, 5.74) is 0.593. The van der Waals surface area contributed by atoms with E-state index in [0.29, 0.717) is 12.0 Å². The van der Waals surface area contributed by atoms with E-state index in [4.69, 9.17) is 9.79 Å². The van der Waals surface area contributed by atoms with Crippen LogP contribution >= 0.6 is 7.82 Å². The quantitative estimate of drug-likeness (QED) is 0.102. The summed E-state index contributed by atoms with van der Waals surface area (Å²) < 4.78 is 15.3. The Hall–Kier alpha value is -2.67. The summed E-state index contributed by atoms with van der Waals surface area (Å²) in [6.45, 7) is 2.13. The highest BCUT2D eigenvalue weighted by molar-refractivity contribution is 7.46. The fourth-order valence-electron chi connectivity index (χ4n) is 3.43. The lowest BCUT2D eigenvalue weighted by Gasteiger charge is -2.15. The van der Waals surface area contributed by atoms with Gasteiger partial charge in [0.25, 0.3) is 0 Å². The molecule has 36 heavy (non-hydrogen) atoms. The molecule has 0 unspecified atom stereocenters. The fraction of sp³-hybridized carbons (Fsp3) is 0.481. The zero-order chi connectivity index (χ0) is 26.7. The molecule has 0 bridgehead atoms. The second-order valence-electron chi connectivity index (χ2n) is 8.49. The van der Waals surface area contributed by atoms with E-state index in [-0.39, 0.29) is 24.5 Å². The first-order chi connectivity index (χ1) is 17.2. The molecule has 1 aromatic rings. The number of phosphoric acid groups is 1. The van der Waals surface area contributed by atoms with E-state index in [9.17, 15) is 19.3 Å². The molecule has 4 N–H and O–H groups in total. The van der Waals surface area contributed by atoms with Gasteiger partial charge in [-0.1, -0.05) is 74.8 Å². The number of rotatable bonds is 19. The van der Waals surface area contributed by atoms with Crippen molar-refractivity contribution in [3.05, 3.63) is 66.3 Å². The number of hydrogen-bond acceptors (Lipinski definition) is 4. The van der Waals surface area contributed by atoms with Gasteiger partial charge in [0.05, 0.1) is 0 Å². The summed E-state index contributed by atoms with van der Waals surface area (Å²) in [5.74, 6) is -1.47. The normalized spacial score (nSPS) is 13.0. The molecule has 1 atom stereocenters. The second-order valence-corrected chi connectivity index (χ2v) is 9.65. The molecule has 1 amide bonds. The van der Waals surface area contributed by atoms with Crippen LogP contribution in [0.4, 0.5) is 0 Å². The van der Waals surface area contributed by atoms with Crippen molar-refractivity contribution in [1.82, 2.24) is 5.32 Å². The zero-order valence-electron chi connectivity index (χ0n) is 21.1. The van der Waals surface area contributed by atoms with E-state index in [0.717, 1.165) is 51.4 Å². The molecule has 9 heteroatoms. The topological polar surface area (TPSA) is 133 Å². The Morgan fingerprint density at radius 1 is 0.917 bits per heavy atom. The van der Waals surface area contributed by atoms with E-state index < -0.39 is 19.8 Å². The van der Waals surface area contributed by atoms with Crippen molar-refractivity contribution >= 4 is 19.7 Å². The van der Waals surface area contributed by atoms with Gasteiger partial charge in [0.1, 0.15) is 11.8 Å². The average molecular weight is 522 g/mol. The van der Waals surface area contributed by atoms with Gasteiger partial charge in [0.15, 0.2) is 0 Å². The van der Waals surface area contributed by atoms with Gasteiger partial charge in [-0.15, -0.1) is 0 Å². The smallest absolute Gasteiger partial charge is 0.480 e. The van der Waals surface area contributed by atoms with Gasteiger partial charge in [-0.2, -0.15) is 0 Å². The summed E-state index contributed by atoms with van der Waals surface area (Å²) in [5, 5.41) is 12.0. The third-order valence-corrected chi connectivity index (χ3v) is 5.72. The van der Waals surface area contributed by atoms with Crippen LogP contribution in [0, 0.1) is 0 Å². The predicted molar refractivity (Wildman–Crippen MR) is 142 cm³/mol. The highest BCUT2D eigenvalue weighted by Crippen LogP contribution is 2.37. The Labute approximate surface area is 214 Å². The molecule has 0 aliphatic carbocycles. The molecule has 0 saturated heterocycles. The van der Waals surface area contributed by atoms with Crippen LogP contribution in [0.25, 0.3) is 0 Å². The number of carboxylic acid groups (broad SMARTS) is 1. The molecule has 1 aromatic carbocycles. The van der Waals surface area contributed by atoms with Crippen molar-refractivity contribution in [3.63, 3.8) is 0 Å². The largest absolute Gasteiger partial charge is 0.524 e. The minimum Gasteiger partial charge on any atom is -0.480 e. The summed E-state index contributed by atoms with van der Waals surface area (Å²) in [7, 11) is -4.65. The van der Waals surface area contributed by atoms with E-state index in [1.165, 1.54) is 24.3 Å². The van der Waals surface area contributed by atoms with Crippen LogP contribution in [0.15, 0.2) is 60.7 Å². The Morgan fingerprint density at radius 3 is 2.11 bits per heavy atom. The molecule has 0 spiro atoms. The molecule has 0 aliphatic heterocycles. The number of benzene rings is 1. The predicted octanol–water partition coefficient (Wildman–Crippen LogP) is 5.86. The molecule has 8 nitrogen and oxygen atoms in total. The van der Waals surface area contributed by atoms with Crippen molar-refractivity contribution in [2.75, 3.05) is 0 Å². The minimum absolute atomic E-state index is 0.0257. The minimum atomic E-state index is -4.65. The van der Waals surface area contributed by atoms with Gasteiger partial charge >= 0.3 is 13.8 Å². The Kier molecular flexibility index (Phi) is 16.2. The lowest BCUT2D eigenvalue weighted by atomic mass is 10.0. The van der Waals surface area contributed by atoms with Crippen LogP contribution in [0.1, 0.15) is 76.7 Å². The summed E-state index contributed by atoms with van der Waals surface area (Å²) >= 11 is 0. The number of hydrogen-bond donors (Lipinski definition) is 4. The van der Waals surface area contributed by atoms with Gasteiger partial charge in [0.2, 0.25) is 5.91 Å². The third kappa shape index (κ3) is 16.9. The second kappa shape index (κ2) is 18.6.